The van der Waals surface area contributed by atoms with Gasteiger partial charge in [-0.3, -0.25) is 0 Å². The Balaban J connectivity index is 2.48. The minimum atomic E-state index is 0.817. The van der Waals surface area contributed by atoms with E-state index in [0.29, 0.717) is 0 Å². The van der Waals surface area contributed by atoms with Gasteiger partial charge in [-0.2, -0.15) is 0 Å². The normalized spacial score (nSPS) is 10.5. The number of hydrogen-bond acceptors (Lipinski definition) is 3. The Bertz CT molecular complexity index is 474. The van der Waals surface area contributed by atoms with Gasteiger partial charge in [0.1, 0.15) is 10.7 Å². The highest BCUT2D eigenvalue weighted by Gasteiger charge is 2.09. The van der Waals surface area contributed by atoms with Gasteiger partial charge >= 0.3 is 0 Å². The molecule has 0 unspecified atom stereocenters. The van der Waals surface area contributed by atoms with Crippen LogP contribution in [0.2, 0.25) is 0 Å². The Kier molecular flexibility index (Phi) is 2.73. The van der Waals surface area contributed by atoms with Crippen molar-refractivity contribution in [2.24, 2.45) is 0 Å². The Morgan fingerprint density at radius 2 is 2.20 bits per heavy atom. The van der Waals surface area contributed by atoms with Crippen LogP contribution in [0.5, 0.6) is 0 Å². The second kappa shape index (κ2) is 4.03. The summed E-state index contributed by atoms with van der Waals surface area (Å²) in [4.78, 5) is 4.53. The highest BCUT2D eigenvalue weighted by Crippen LogP contribution is 2.30. The third-order valence-electron chi connectivity index (χ3n) is 2.29. The number of aryl methyl sites for hydroxylation is 2. The van der Waals surface area contributed by atoms with Crippen LogP contribution in [-0.4, -0.2) is 4.98 Å². The maximum atomic E-state index is 5.96. The monoisotopic (exact) mass is 218 g/mol. The van der Waals surface area contributed by atoms with Gasteiger partial charge in [0.05, 0.1) is 5.01 Å². The summed E-state index contributed by atoms with van der Waals surface area (Å²) < 4.78 is 0. The van der Waals surface area contributed by atoms with E-state index >= 15 is 0 Å². The van der Waals surface area contributed by atoms with E-state index in [0.717, 1.165) is 27.7 Å². The molecule has 15 heavy (non-hydrogen) atoms. The molecular weight excluding hydrogens is 204 g/mol. The lowest BCUT2D eigenvalue weighted by atomic mass is 10.1. The molecule has 1 heterocycles. The Labute approximate surface area is 93.8 Å². The van der Waals surface area contributed by atoms with Crippen molar-refractivity contribution in [2.75, 3.05) is 5.73 Å². The zero-order valence-electron chi connectivity index (χ0n) is 8.95. The fourth-order valence-electron chi connectivity index (χ4n) is 1.53. The molecule has 3 heteroatoms. The van der Waals surface area contributed by atoms with Crippen molar-refractivity contribution in [3.63, 3.8) is 0 Å². The van der Waals surface area contributed by atoms with Gasteiger partial charge in [-0.05, 0) is 19.4 Å². The smallest absolute Gasteiger partial charge is 0.114 e. The van der Waals surface area contributed by atoms with Crippen LogP contribution in [0.25, 0.3) is 11.3 Å². The summed E-state index contributed by atoms with van der Waals surface area (Å²) in [5.41, 5.74) is 9.23. The summed E-state index contributed by atoms with van der Waals surface area (Å²) in [7, 11) is 0. The first kappa shape index (κ1) is 10.2. The summed E-state index contributed by atoms with van der Waals surface area (Å²) in [5, 5.41) is 1.92. The molecule has 1 aromatic carbocycles. The van der Waals surface area contributed by atoms with Crippen molar-refractivity contribution in [1.82, 2.24) is 4.98 Å². The van der Waals surface area contributed by atoms with E-state index in [-0.39, 0.29) is 0 Å². The molecule has 0 fully saturated rings. The van der Waals surface area contributed by atoms with Crippen molar-refractivity contribution in [3.05, 3.63) is 34.8 Å². The summed E-state index contributed by atoms with van der Waals surface area (Å²) in [6.45, 7) is 4.17. The lowest BCUT2D eigenvalue weighted by molar-refractivity contribution is 1.10. The van der Waals surface area contributed by atoms with Crippen LogP contribution >= 0.6 is 11.3 Å². The maximum absolute atomic E-state index is 5.96. The number of rotatable bonds is 2. The van der Waals surface area contributed by atoms with Gasteiger partial charge in [-0.25, -0.2) is 4.98 Å². The standard InChI is InChI=1S/C12H14N2S/c1-3-10-14-11(12(13)15-10)9-6-4-5-8(2)7-9/h4-7H,3,13H2,1-2H3. The molecule has 1 aromatic heterocycles. The average Bonchev–Trinajstić information content (AvgIpc) is 2.60. The minimum Gasteiger partial charge on any atom is -0.389 e. The molecule has 0 saturated heterocycles. The zero-order valence-corrected chi connectivity index (χ0v) is 9.77. The van der Waals surface area contributed by atoms with Gasteiger partial charge in [-0.15, -0.1) is 11.3 Å². The number of thiazole rings is 1. The van der Waals surface area contributed by atoms with Crippen LogP contribution in [0.1, 0.15) is 17.5 Å². The fraction of sp³-hybridized carbons (Fsp3) is 0.250. The summed E-state index contributed by atoms with van der Waals surface area (Å²) in [5.74, 6) is 0. The topological polar surface area (TPSA) is 38.9 Å². The van der Waals surface area contributed by atoms with E-state index in [1.807, 2.05) is 6.07 Å². The van der Waals surface area contributed by atoms with Gasteiger partial charge in [0, 0.05) is 5.56 Å². The van der Waals surface area contributed by atoms with Crippen molar-refractivity contribution in [2.45, 2.75) is 20.3 Å². The second-order valence-corrected chi connectivity index (χ2v) is 4.66. The second-order valence-electron chi connectivity index (χ2n) is 3.54. The minimum absolute atomic E-state index is 0.817. The third-order valence-corrected chi connectivity index (χ3v) is 3.32. The number of anilines is 1. The van der Waals surface area contributed by atoms with Gasteiger partial charge < -0.3 is 5.73 Å². The van der Waals surface area contributed by atoms with Crippen LogP contribution < -0.4 is 5.73 Å². The Hall–Kier alpha value is -1.35. The molecule has 2 nitrogen and oxygen atoms in total. The predicted octanol–water partition coefficient (Wildman–Crippen LogP) is 3.26. The number of nitrogen functional groups attached to an aromatic ring is 1. The van der Waals surface area contributed by atoms with Crippen LogP contribution in [-0.2, 0) is 6.42 Å². The van der Waals surface area contributed by atoms with Crippen LogP contribution in [0, 0.1) is 6.92 Å². The van der Waals surface area contributed by atoms with Gasteiger partial charge in [-0.1, -0.05) is 30.7 Å². The van der Waals surface area contributed by atoms with Crippen LogP contribution in [0.4, 0.5) is 5.00 Å². The largest absolute Gasteiger partial charge is 0.389 e. The predicted molar refractivity (Wildman–Crippen MR) is 66.1 cm³/mol. The lowest BCUT2D eigenvalue weighted by Crippen LogP contribution is -1.86. The summed E-state index contributed by atoms with van der Waals surface area (Å²) >= 11 is 1.58. The van der Waals surface area contributed by atoms with E-state index in [4.69, 9.17) is 5.73 Å². The quantitative estimate of drug-likeness (QED) is 0.840. The molecule has 0 spiro atoms. The van der Waals surface area contributed by atoms with Crippen LogP contribution in [0.15, 0.2) is 24.3 Å². The van der Waals surface area contributed by atoms with E-state index in [9.17, 15) is 0 Å². The number of nitrogens with zero attached hydrogens (tertiary/aromatic N) is 1. The van der Waals surface area contributed by atoms with Crippen molar-refractivity contribution < 1.29 is 0 Å². The van der Waals surface area contributed by atoms with E-state index in [1.165, 1.54) is 5.56 Å². The molecule has 0 atom stereocenters. The molecule has 2 N–H and O–H groups in total. The van der Waals surface area contributed by atoms with Crippen molar-refractivity contribution in [3.8, 4) is 11.3 Å². The van der Waals surface area contributed by atoms with Gasteiger partial charge in [0.25, 0.3) is 0 Å². The highest BCUT2D eigenvalue weighted by molar-refractivity contribution is 7.16. The van der Waals surface area contributed by atoms with Gasteiger partial charge in [0.2, 0.25) is 0 Å². The van der Waals surface area contributed by atoms with E-state index in [1.54, 1.807) is 11.3 Å². The molecule has 0 saturated carbocycles. The number of hydrogen-bond donors (Lipinski definition) is 1. The first-order valence-electron chi connectivity index (χ1n) is 5.03. The lowest BCUT2D eigenvalue weighted by Gasteiger charge is -1.99. The summed E-state index contributed by atoms with van der Waals surface area (Å²) in [6.07, 6.45) is 0.945. The van der Waals surface area contributed by atoms with E-state index < -0.39 is 0 Å². The molecule has 0 aliphatic carbocycles. The highest BCUT2D eigenvalue weighted by atomic mass is 32.1. The zero-order chi connectivity index (χ0) is 10.8. The van der Waals surface area contributed by atoms with Crippen molar-refractivity contribution in [1.29, 1.82) is 0 Å². The molecule has 0 radical (unpaired) electrons. The fourth-order valence-corrected chi connectivity index (χ4v) is 2.32. The van der Waals surface area contributed by atoms with Gasteiger partial charge in [0.15, 0.2) is 0 Å². The Morgan fingerprint density at radius 1 is 1.40 bits per heavy atom. The molecule has 0 bridgehead atoms. The number of aromatic nitrogens is 1. The van der Waals surface area contributed by atoms with Crippen molar-refractivity contribution >= 4 is 16.3 Å². The maximum Gasteiger partial charge on any atom is 0.114 e. The number of nitrogens with two attached hydrogens (primary N) is 1. The SMILES string of the molecule is CCc1nc(-c2cccc(C)c2)c(N)s1. The number of benzene rings is 1. The molecule has 0 aliphatic heterocycles. The molecule has 2 rings (SSSR count). The molecule has 0 amide bonds. The third kappa shape index (κ3) is 2.02. The first-order chi connectivity index (χ1) is 7.20. The molecular formula is C12H14N2S. The molecule has 78 valence electrons. The Morgan fingerprint density at radius 3 is 2.80 bits per heavy atom. The van der Waals surface area contributed by atoms with Crippen LogP contribution in [0.3, 0.4) is 0 Å². The molecule has 2 aromatic rings. The molecule has 0 aliphatic rings. The van der Waals surface area contributed by atoms with E-state index in [2.05, 4.69) is 37.0 Å². The summed E-state index contributed by atoms with van der Waals surface area (Å²) in [6, 6.07) is 8.28. The first-order valence-corrected chi connectivity index (χ1v) is 5.84. The average molecular weight is 218 g/mol.